The summed E-state index contributed by atoms with van der Waals surface area (Å²) in [5.41, 5.74) is 9.15. The standard InChI is InChI=1S/C19H17N3O7/c20-18(28)14-11(24)5-7-3-6-4-8-9(22-21)1-2-10(23)13(8)15(25)12(6)16(26)19(7,29)17(14)27/h1-2,6-7,21,23-24,26,29H,3-5H2,(H2,20,28)/t6?,7?,19-/m0/s1. The number of phenolic OH excluding ortho intramolecular Hbond substituents is 1. The number of aliphatic hydroxyl groups is 3. The predicted octanol–water partition coefficient (Wildman–Crippen LogP) is 1.24. The highest BCUT2D eigenvalue weighted by Gasteiger charge is 2.59. The van der Waals surface area contributed by atoms with Crippen LogP contribution in [-0.2, 0) is 16.0 Å². The number of aromatic hydroxyl groups is 1. The van der Waals surface area contributed by atoms with E-state index in [4.69, 9.17) is 11.3 Å². The zero-order valence-electron chi connectivity index (χ0n) is 15.0. The molecule has 0 heterocycles. The van der Waals surface area contributed by atoms with Crippen LogP contribution in [0.3, 0.4) is 0 Å². The summed E-state index contributed by atoms with van der Waals surface area (Å²) in [6.07, 6.45) is -0.123. The maximum Gasteiger partial charge on any atom is 0.255 e. The first kappa shape index (κ1) is 18.8. The quantitative estimate of drug-likeness (QED) is 0.318. The van der Waals surface area contributed by atoms with Crippen LogP contribution in [0.5, 0.6) is 5.75 Å². The van der Waals surface area contributed by atoms with Gasteiger partial charge in [-0.05, 0) is 36.5 Å². The van der Waals surface area contributed by atoms with Gasteiger partial charge in [0, 0.05) is 17.9 Å². The molecule has 7 N–H and O–H groups in total. The number of nitrogens with one attached hydrogen (secondary N) is 1. The Morgan fingerprint density at radius 1 is 1.21 bits per heavy atom. The maximum atomic E-state index is 13.1. The third kappa shape index (κ3) is 2.29. The fourth-order valence-electron chi connectivity index (χ4n) is 4.71. The summed E-state index contributed by atoms with van der Waals surface area (Å²) >= 11 is 0. The number of carbonyl (C=O) groups excluding carboxylic acids is 3. The summed E-state index contributed by atoms with van der Waals surface area (Å²) in [7, 11) is 0. The van der Waals surface area contributed by atoms with Gasteiger partial charge in [0.05, 0.1) is 11.3 Å². The van der Waals surface area contributed by atoms with Gasteiger partial charge in [0.25, 0.3) is 5.91 Å². The molecular formula is C19H17N3O7. The highest BCUT2D eigenvalue weighted by atomic mass is 16.3. The van der Waals surface area contributed by atoms with Gasteiger partial charge >= 0.3 is 0 Å². The third-order valence-corrected chi connectivity index (χ3v) is 6.04. The normalized spacial score (nSPS) is 28.6. The molecule has 0 fully saturated rings. The number of benzene rings is 1. The molecule has 0 saturated carbocycles. The van der Waals surface area contributed by atoms with E-state index in [0.717, 1.165) is 0 Å². The van der Waals surface area contributed by atoms with Crippen LogP contribution in [0.2, 0.25) is 0 Å². The van der Waals surface area contributed by atoms with E-state index in [2.05, 4.69) is 5.11 Å². The zero-order valence-corrected chi connectivity index (χ0v) is 15.0. The van der Waals surface area contributed by atoms with E-state index in [1.165, 1.54) is 12.1 Å². The second-order valence-electron chi connectivity index (χ2n) is 7.48. The Balaban J connectivity index is 1.93. The van der Waals surface area contributed by atoms with Crippen LogP contribution in [0, 0.1) is 17.4 Å². The minimum absolute atomic E-state index is 0.0377. The van der Waals surface area contributed by atoms with Gasteiger partial charge in [-0.25, -0.2) is 5.53 Å². The number of Topliss-reactive ketones (excluding diaryl/α,β-unsaturated/α-hetero) is 2. The average molecular weight is 399 g/mol. The Morgan fingerprint density at radius 3 is 2.52 bits per heavy atom. The number of primary amides is 1. The third-order valence-electron chi connectivity index (χ3n) is 6.04. The topological polar surface area (TPSA) is 194 Å². The fraction of sp³-hybridized carbons (Fsp3) is 0.316. The number of fused-ring (bicyclic) bond motifs is 3. The number of phenols is 1. The molecule has 0 saturated heterocycles. The van der Waals surface area contributed by atoms with Crippen LogP contribution in [0.1, 0.15) is 28.8 Å². The molecule has 1 aromatic rings. The summed E-state index contributed by atoms with van der Waals surface area (Å²) < 4.78 is 0. The number of carbonyl (C=O) groups is 3. The highest BCUT2D eigenvalue weighted by Crippen LogP contribution is 2.52. The van der Waals surface area contributed by atoms with Crippen LogP contribution >= 0.6 is 0 Å². The number of nitrogens with two attached hydrogens (primary N) is 1. The number of rotatable bonds is 2. The van der Waals surface area contributed by atoms with Gasteiger partial charge in [0.1, 0.15) is 22.8 Å². The summed E-state index contributed by atoms with van der Waals surface area (Å²) in [5.74, 6) is -6.80. The molecule has 4 rings (SSSR count). The van der Waals surface area contributed by atoms with Crippen LogP contribution in [0.4, 0.5) is 5.69 Å². The first-order valence-electron chi connectivity index (χ1n) is 8.82. The summed E-state index contributed by atoms with van der Waals surface area (Å²) in [4.78, 5) is 37.4. The molecule has 1 amide bonds. The van der Waals surface area contributed by atoms with Crippen molar-refractivity contribution in [2.45, 2.75) is 24.9 Å². The van der Waals surface area contributed by atoms with Crippen LogP contribution in [0.15, 0.2) is 39.9 Å². The molecule has 1 aromatic carbocycles. The molecule has 0 spiro atoms. The lowest BCUT2D eigenvalue weighted by atomic mass is 9.60. The monoisotopic (exact) mass is 399 g/mol. The largest absolute Gasteiger partial charge is 0.511 e. The lowest BCUT2D eigenvalue weighted by molar-refractivity contribution is -0.144. The first-order valence-corrected chi connectivity index (χ1v) is 8.82. The molecule has 3 aliphatic carbocycles. The zero-order chi connectivity index (χ0) is 21.2. The van der Waals surface area contributed by atoms with E-state index in [0.29, 0.717) is 5.56 Å². The van der Waals surface area contributed by atoms with E-state index in [1.807, 2.05) is 0 Å². The number of aliphatic hydroxyl groups excluding tert-OH is 2. The van der Waals surface area contributed by atoms with E-state index >= 15 is 0 Å². The lowest BCUT2D eigenvalue weighted by Crippen LogP contribution is -2.57. The minimum Gasteiger partial charge on any atom is -0.511 e. The summed E-state index contributed by atoms with van der Waals surface area (Å²) in [6, 6.07) is 2.58. The molecule has 0 aliphatic heterocycles. The SMILES string of the molecule is N=Nc1ccc(O)c2c1CC1CC3CC(O)=C(C(N)=O)C(=O)[C@@]3(O)C(O)=C1C2=O. The smallest absolute Gasteiger partial charge is 0.255 e. The van der Waals surface area contributed by atoms with Crippen molar-refractivity contribution in [3.63, 3.8) is 0 Å². The van der Waals surface area contributed by atoms with Crippen molar-refractivity contribution in [2.24, 2.45) is 22.7 Å². The van der Waals surface area contributed by atoms with Gasteiger partial charge in [-0.3, -0.25) is 14.4 Å². The van der Waals surface area contributed by atoms with Gasteiger partial charge < -0.3 is 26.2 Å². The number of ketones is 2. The van der Waals surface area contributed by atoms with Crippen molar-refractivity contribution in [3.05, 3.63) is 45.9 Å². The minimum atomic E-state index is -2.58. The molecule has 29 heavy (non-hydrogen) atoms. The Bertz CT molecular complexity index is 1090. The van der Waals surface area contributed by atoms with Crippen molar-refractivity contribution < 1.29 is 34.8 Å². The van der Waals surface area contributed by atoms with Crippen molar-refractivity contribution >= 4 is 23.2 Å². The van der Waals surface area contributed by atoms with Gasteiger partial charge in [0.2, 0.25) is 5.78 Å². The van der Waals surface area contributed by atoms with Crippen LogP contribution in [0.25, 0.3) is 0 Å². The highest BCUT2D eigenvalue weighted by molar-refractivity contribution is 6.24. The second-order valence-corrected chi connectivity index (χ2v) is 7.48. The van der Waals surface area contributed by atoms with Crippen LogP contribution in [-0.4, -0.2) is 43.5 Å². The van der Waals surface area contributed by atoms with E-state index in [-0.39, 0.29) is 41.8 Å². The molecule has 10 heteroatoms. The lowest BCUT2D eigenvalue weighted by Gasteiger charge is -2.45. The molecule has 2 unspecified atom stereocenters. The van der Waals surface area contributed by atoms with Gasteiger partial charge in [0.15, 0.2) is 11.4 Å². The average Bonchev–Trinajstić information content (AvgIpc) is 2.64. The molecule has 0 bridgehead atoms. The van der Waals surface area contributed by atoms with Crippen LogP contribution < -0.4 is 5.73 Å². The van der Waals surface area contributed by atoms with E-state index in [9.17, 15) is 34.8 Å². The van der Waals surface area contributed by atoms with Gasteiger partial charge in [-0.2, -0.15) is 5.11 Å². The van der Waals surface area contributed by atoms with Crippen molar-refractivity contribution in [3.8, 4) is 5.75 Å². The first-order chi connectivity index (χ1) is 13.6. The van der Waals surface area contributed by atoms with E-state index < -0.39 is 52.0 Å². The van der Waals surface area contributed by atoms with Gasteiger partial charge in [-0.1, -0.05) is 0 Å². The van der Waals surface area contributed by atoms with Crippen molar-refractivity contribution in [1.82, 2.24) is 0 Å². The summed E-state index contributed by atoms with van der Waals surface area (Å²) in [5, 5.41) is 45.5. The molecule has 150 valence electrons. The Labute approximate surface area is 163 Å². The number of hydrogen-bond donors (Lipinski definition) is 6. The van der Waals surface area contributed by atoms with Crippen molar-refractivity contribution in [2.75, 3.05) is 0 Å². The number of amides is 1. The molecule has 3 atom stereocenters. The molecule has 0 aromatic heterocycles. The molecular weight excluding hydrogens is 382 g/mol. The van der Waals surface area contributed by atoms with E-state index in [1.54, 1.807) is 0 Å². The summed E-state index contributed by atoms with van der Waals surface area (Å²) in [6.45, 7) is 0. The Kier molecular flexibility index (Phi) is 3.88. The maximum absolute atomic E-state index is 13.1. The second kappa shape index (κ2) is 5.98. The Hall–Kier alpha value is -3.53. The predicted molar refractivity (Wildman–Crippen MR) is 95.6 cm³/mol. The molecule has 3 aliphatic rings. The molecule has 10 nitrogen and oxygen atoms in total. The number of hydrogen-bond acceptors (Lipinski definition) is 9. The fourth-order valence-corrected chi connectivity index (χ4v) is 4.71. The molecule has 0 radical (unpaired) electrons. The number of nitrogens with zero attached hydrogens (tertiary/aromatic N) is 1. The van der Waals surface area contributed by atoms with Gasteiger partial charge in [-0.15, -0.1) is 0 Å². The Morgan fingerprint density at radius 2 is 1.90 bits per heavy atom. The number of allylic oxidation sites excluding steroid dienone is 2. The van der Waals surface area contributed by atoms with Crippen molar-refractivity contribution in [1.29, 1.82) is 5.53 Å².